The van der Waals surface area contributed by atoms with E-state index in [1.54, 1.807) is 0 Å². The van der Waals surface area contributed by atoms with E-state index in [9.17, 15) is 4.79 Å². The lowest BCUT2D eigenvalue weighted by Gasteiger charge is -2.22. The van der Waals surface area contributed by atoms with Gasteiger partial charge < -0.3 is 26.0 Å². The minimum Gasteiger partial charge on any atom is -0.469 e. The average Bonchev–Trinajstić information content (AvgIpc) is 2.69. The highest BCUT2D eigenvalue weighted by molar-refractivity contribution is 5.68. The van der Waals surface area contributed by atoms with E-state index in [2.05, 4.69) is 4.74 Å². The van der Waals surface area contributed by atoms with Gasteiger partial charge in [0.25, 0.3) is 0 Å². The number of unbranched alkanes of at least 4 members (excludes halogenated alkanes) is 6. The molecule has 0 bridgehead atoms. The van der Waals surface area contributed by atoms with Gasteiger partial charge >= 0.3 is 5.97 Å². The van der Waals surface area contributed by atoms with Crippen molar-refractivity contribution in [2.45, 2.75) is 83.2 Å². The molecule has 1 rings (SSSR count). The van der Waals surface area contributed by atoms with Gasteiger partial charge in [0.05, 0.1) is 13.2 Å². The maximum Gasteiger partial charge on any atom is 0.305 e. The number of hydrogen-bond acceptors (Lipinski definition) is 6. The molecule has 1 aliphatic heterocycles. The third kappa shape index (κ3) is 21.3. The molecule has 6 nitrogen and oxygen atoms in total. The van der Waals surface area contributed by atoms with E-state index in [0.29, 0.717) is 25.6 Å². The summed E-state index contributed by atoms with van der Waals surface area (Å²) in [5.41, 5.74) is 9.81. The first-order valence-corrected chi connectivity index (χ1v) is 9.77. The number of carbonyl (C=O) groups is 1. The maximum absolute atomic E-state index is 10.9. The highest BCUT2D eigenvalue weighted by Gasteiger charge is 2.12. The molecule has 0 aromatic heterocycles. The number of methoxy groups -OCH3 is 1. The van der Waals surface area contributed by atoms with Gasteiger partial charge in [0, 0.05) is 33.2 Å². The van der Waals surface area contributed by atoms with Gasteiger partial charge in [0.15, 0.2) is 0 Å². The number of hydrogen-bond donors (Lipinski definition) is 3. The van der Waals surface area contributed by atoms with Crippen LogP contribution in [0.25, 0.3) is 0 Å². The third-order valence-corrected chi connectivity index (χ3v) is 4.08. The topological polar surface area (TPSA) is 108 Å². The van der Waals surface area contributed by atoms with Crippen molar-refractivity contribution < 1.29 is 19.4 Å². The van der Waals surface area contributed by atoms with Gasteiger partial charge in [-0.1, -0.05) is 38.5 Å². The Morgan fingerprint density at radius 1 is 1.00 bits per heavy atom. The Morgan fingerprint density at radius 3 is 2.04 bits per heavy atom. The molecule has 0 aliphatic carbocycles. The summed E-state index contributed by atoms with van der Waals surface area (Å²) < 4.78 is 10.3. The number of ether oxygens (including phenoxy) is 2. The van der Waals surface area contributed by atoms with E-state index in [0.717, 1.165) is 26.6 Å². The molecule has 0 amide bonds. The smallest absolute Gasteiger partial charge is 0.305 e. The second-order valence-corrected chi connectivity index (χ2v) is 6.16. The highest BCUT2D eigenvalue weighted by Crippen LogP contribution is 2.19. The van der Waals surface area contributed by atoms with Gasteiger partial charge in [-0.3, -0.25) is 4.79 Å². The number of aliphatic hydroxyl groups excluding tert-OH is 1. The van der Waals surface area contributed by atoms with Crippen LogP contribution in [-0.4, -0.2) is 51.1 Å². The second kappa shape index (κ2) is 23.3. The lowest BCUT2D eigenvalue weighted by Crippen LogP contribution is -2.18. The molecule has 0 saturated carbocycles. The highest BCUT2D eigenvalue weighted by atomic mass is 16.5. The number of nitrogens with two attached hydrogens (primary N) is 2. The molecule has 0 radical (unpaired) electrons. The molecular weight excluding hydrogens is 320 g/mol. The van der Waals surface area contributed by atoms with Crippen molar-refractivity contribution >= 4 is 5.97 Å². The van der Waals surface area contributed by atoms with Crippen LogP contribution >= 0.6 is 0 Å². The zero-order valence-electron chi connectivity index (χ0n) is 16.5. The van der Waals surface area contributed by atoms with E-state index in [-0.39, 0.29) is 5.97 Å². The van der Waals surface area contributed by atoms with Crippen LogP contribution in [0.2, 0.25) is 0 Å². The Labute approximate surface area is 154 Å². The number of aliphatic hydroxyl groups is 1. The van der Waals surface area contributed by atoms with E-state index < -0.39 is 0 Å². The lowest BCUT2D eigenvalue weighted by molar-refractivity contribution is -0.140. The first kappa shape index (κ1) is 26.5. The summed E-state index contributed by atoms with van der Waals surface area (Å²) in [6, 6.07) is 0. The normalized spacial score (nSPS) is 16.1. The fraction of sp³-hybridized carbons (Fsp3) is 0.947. The quantitative estimate of drug-likeness (QED) is 0.385. The Balaban J connectivity index is 0. The van der Waals surface area contributed by atoms with Crippen LogP contribution in [0.15, 0.2) is 0 Å². The van der Waals surface area contributed by atoms with Crippen molar-refractivity contribution in [1.82, 2.24) is 0 Å². The van der Waals surface area contributed by atoms with Crippen molar-refractivity contribution in [3.63, 3.8) is 0 Å². The van der Waals surface area contributed by atoms with Gasteiger partial charge in [-0.25, -0.2) is 0 Å². The molecule has 0 spiro atoms. The van der Waals surface area contributed by atoms with Crippen molar-refractivity contribution in [1.29, 1.82) is 0 Å². The summed E-state index contributed by atoms with van der Waals surface area (Å²) in [6.45, 7) is 2.17. The largest absolute Gasteiger partial charge is 0.469 e. The Morgan fingerprint density at radius 2 is 1.56 bits per heavy atom. The fourth-order valence-electron chi connectivity index (χ4n) is 2.66. The molecule has 1 fully saturated rings. The third-order valence-electron chi connectivity index (χ3n) is 4.08. The summed E-state index contributed by atoms with van der Waals surface area (Å²) in [4.78, 5) is 10.9. The molecule has 6 heteroatoms. The molecule has 25 heavy (non-hydrogen) atoms. The molecule has 0 aromatic carbocycles. The second-order valence-electron chi connectivity index (χ2n) is 6.16. The molecule has 1 heterocycles. The van der Waals surface area contributed by atoms with Crippen LogP contribution in [0.1, 0.15) is 77.0 Å². The summed E-state index contributed by atoms with van der Waals surface area (Å²) in [6.07, 6.45) is 14.9. The van der Waals surface area contributed by atoms with Crippen LogP contribution in [0.4, 0.5) is 0 Å². The first-order chi connectivity index (χ1) is 12.2. The van der Waals surface area contributed by atoms with Gasteiger partial charge in [0.2, 0.25) is 0 Å². The Hall–Kier alpha value is -0.690. The SMILES string of the molecule is CO.COC(=O)CCCCCCCCCC1CCCCO1.NCCN. The van der Waals surface area contributed by atoms with Crippen molar-refractivity contribution in [2.75, 3.05) is 33.9 Å². The van der Waals surface area contributed by atoms with Crippen molar-refractivity contribution in [3.05, 3.63) is 0 Å². The number of rotatable bonds is 11. The minimum atomic E-state index is -0.0764. The number of esters is 1. The van der Waals surface area contributed by atoms with Gasteiger partial charge in [0.1, 0.15) is 0 Å². The first-order valence-electron chi connectivity index (χ1n) is 9.77. The van der Waals surface area contributed by atoms with Crippen LogP contribution in [0.3, 0.4) is 0 Å². The average molecular weight is 363 g/mol. The van der Waals surface area contributed by atoms with Gasteiger partial charge in [-0.2, -0.15) is 0 Å². The van der Waals surface area contributed by atoms with E-state index in [4.69, 9.17) is 21.3 Å². The molecule has 1 atom stereocenters. The van der Waals surface area contributed by atoms with Crippen molar-refractivity contribution in [3.8, 4) is 0 Å². The van der Waals surface area contributed by atoms with Gasteiger partial charge in [-0.15, -0.1) is 0 Å². The molecule has 5 N–H and O–H groups in total. The standard InChI is InChI=1S/C16H30O3.C2H8N2.CH4O/c1-18-16(17)13-8-6-4-2-3-5-7-11-15-12-9-10-14-19-15;3-1-2-4;1-2/h15H,2-14H2,1H3;1-4H2;2H,1H3. The predicted octanol–water partition coefficient (Wildman–Crippen LogP) is 2.75. The van der Waals surface area contributed by atoms with Crippen LogP contribution in [-0.2, 0) is 14.3 Å². The summed E-state index contributed by atoms with van der Waals surface area (Å²) >= 11 is 0. The van der Waals surface area contributed by atoms with Crippen LogP contribution in [0.5, 0.6) is 0 Å². The Bertz CT molecular complexity index is 258. The van der Waals surface area contributed by atoms with E-state index >= 15 is 0 Å². The van der Waals surface area contributed by atoms with E-state index in [1.165, 1.54) is 64.9 Å². The van der Waals surface area contributed by atoms with Gasteiger partial charge in [-0.05, 0) is 32.1 Å². The maximum atomic E-state index is 10.9. The van der Waals surface area contributed by atoms with Crippen molar-refractivity contribution in [2.24, 2.45) is 11.5 Å². The predicted molar refractivity (Wildman–Crippen MR) is 103 cm³/mol. The Kier molecular flexibility index (Phi) is 24.7. The lowest BCUT2D eigenvalue weighted by atomic mass is 10.0. The molecule has 1 unspecified atom stereocenters. The molecular formula is C19H42N2O4. The molecule has 0 aromatic rings. The van der Waals surface area contributed by atoms with Crippen LogP contribution in [0, 0.1) is 0 Å². The molecule has 152 valence electrons. The minimum absolute atomic E-state index is 0.0764. The summed E-state index contributed by atoms with van der Waals surface area (Å²) in [5.74, 6) is -0.0764. The van der Waals surface area contributed by atoms with Crippen LogP contribution < -0.4 is 11.5 Å². The number of carbonyl (C=O) groups excluding carboxylic acids is 1. The molecule has 1 aliphatic rings. The molecule has 1 saturated heterocycles. The fourth-order valence-corrected chi connectivity index (χ4v) is 2.66. The zero-order chi connectivity index (χ0) is 19.2. The summed E-state index contributed by atoms with van der Waals surface area (Å²) in [5, 5.41) is 7.00. The monoisotopic (exact) mass is 362 g/mol. The zero-order valence-corrected chi connectivity index (χ0v) is 16.5. The summed E-state index contributed by atoms with van der Waals surface area (Å²) in [7, 11) is 2.46. The van der Waals surface area contributed by atoms with E-state index in [1.807, 2.05) is 0 Å².